The highest BCUT2D eigenvalue weighted by Gasteiger charge is 2.50. The molecule has 2 aliphatic rings. The summed E-state index contributed by atoms with van der Waals surface area (Å²) < 4.78 is 6.57. The molecule has 180 valence electrons. The van der Waals surface area contributed by atoms with Gasteiger partial charge in [-0.3, -0.25) is 4.79 Å². The molecule has 0 bridgehead atoms. The predicted molar refractivity (Wildman–Crippen MR) is 142 cm³/mol. The van der Waals surface area contributed by atoms with Gasteiger partial charge in [-0.05, 0) is 54.2 Å². The van der Waals surface area contributed by atoms with E-state index in [-0.39, 0.29) is 29.2 Å². The molecule has 34 heavy (non-hydrogen) atoms. The zero-order chi connectivity index (χ0) is 24.5. The Kier molecular flexibility index (Phi) is 7.89. The fourth-order valence-corrected chi connectivity index (χ4v) is 6.00. The van der Waals surface area contributed by atoms with Crippen molar-refractivity contribution < 1.29 is 9.53 Å². The Bertz CT molecular complexity index is 1060. The van der Waals surface area contributed by atoms with Gasteiger partial charge in [0.1, 0.15) is 12.2 Å². The number of morpholine rings is 1. The first-order chi connectivity index (χ1) is 16.2. The molecule has 6 heteroatoms. The number of carbonyl (C=O) groups excluding carboxylic acids is 1. The fourth-order valence-electron chi connectivity index (χ4n) is 4.57. The molecule has 1 amide bonds. The molecule has 1 heterocycles. The highest BCUT2D eigenvalue weighted by molar-refractivity contribution is 8.00. The molecule has 2 aromatic rings. The van der Waals surface area contributed by atoms with E-state index < -0.39 is 12.2 Å². The molecule has 2 aromatic carbocycles. The third-order valence-electron chi connectivity index (χ3n) is 6.33. The van der Waals surface area contributed by atoms with Gasteiger partial charge in [0.25, 0.3) is 5.91 Å². The molecule has 3 nitrogen and oxygen atoms in total. The smallest absolute Gasteiger partial charge is 0.253 e. The number of carbonyl (C=O) groups is 1. The molecule has 4 rings (SSSR count). The molecule has 4 atom stereocenters. The Balaban J connectivity index is 1.83. The molecule has 2 fully saturated rings. The van der Waals surface area contributed by atoms with Crippen molar-refractivity contribution in [3.05, 3.63) is 69.7 Å². The second-order valence-electron chi connectivity index (χ2n) is 10.1. The van der Waals surface area contributed by atoms with Gasteiger partial charge in [0.05, 0.1) is 6.04 Å². The summed E-state index contributed by atoms with van der Waals surface area (Å²) in [5, 5.41) is 1.29. The maximum atomic E-state index is 14.0. The number of rotatable bonds is 7. The van der Waals surface area contributed by atoms with Crippen molar-refractivity contribution in [3.8, 4) is 12.3 Å². The van der Waals surface area contributed by atoms with Crippen molar-refractivity contribution in [3.63, 3.8) is 0 Å². The molecular formula is C28H31Cl2NO2S. The van der Waals surface area contributed by atoms with Gasteiger partial charge in [0, 0.05) is 33.0 Å². The zero-order valence-corrected chi connectivity index (χ0v) is 22.2. The number of halogens is 2. The van der Waals surface area contributed by atoms with Crippen LogP contribution in [-0.2, 0) is 9.53 Å². The van der Waals surface area contributed by atoms with Gasteiger partial charge in [0.2, 0.25) is 0 Å². The van der Waals surface area contributed by atoms with Gasteiger partial charge in [0.15, 0.2) is 0 Å². The molecule has 0 aromatic heterocycles. The fraction of sp³-hybridized carbons (Fsp3) is 0.464. The van der Waals surface area contributed by atoms with Crippen LogP contribution in [0.2, 0.25) is 10.0 Å². The molecular weight excluding hydrogens is 485 g/mol. The minimum absolute atomic E-state index is 0.0254. The molecule has 4 unspecified atom stereocenters. The van der Waals surface area contributed by atoms with E-state index in [1.807, 2.05) is 60.3 Å². The summed E-state index contributed by atoms with van der Waals surface area (Å²) in [4.78, 5) is 16.0. The number of nitrogens with zero attached hydrogens (tertiary/aromatic N) is 1. The van der Waals surface area contributed by atoms with Crippen LogP contribution in [0.5, 0.6) is 0 Å². The van der Waals surface area contributed by atoms with E-state index in [2.05, 4.69) is 31.6 Å². The van der Waals surface area contributed by atoms with Crippen LogP contribution >= 0.6 is 35.0 Å². The molecule has 0 spiro atoms. The lowest BCUT2D eigenvalue weighted by Crippen LogP contribution is -2.56. The van der Waals surface area contributed by atoms with Crippen LogP contribution in [0.4, 0.5) is 0 Å². The minimum atomic E-state index is -0.682. The van der Waals surface area contributed by atoms with Gasteiger partial charge in [-0.1, -0.05) is 68.2 Å². The van der Waals surface area contributed by atoms with Crippen molar-refractivity contribution in [2.75, 3.05) is 5.75 Å². The summed E-state index contributed by atoms with van der Waals surface area (Å²) in [5.74, 6) is 3.98. The number of ether oxygens (including phenoxy) is 1. The summed E-state index contributed by atoms with van der Waals surface area (Å²) in [5.41, 5.74) is 1.93. The van der Waals surface area contributed by atoms with E-state index >= 15 is 0 Å². The molecule has 1 aliphatic carbocycles. The quantitative estimate of drug-likeness (QED) is 0.361. The second-order valence-corrected chi connectivity index (χ2v) is 12.8. The Morgan fingerprint density at radius 3 is 2.41 bits per heavy atom. The van der Waals surface area contributed by atoms with Crippen molar-refractivity contribution in [1.29, 1.82) is 0 Å². The van der Waals surface area contributed by atoms with Crippen LogP contribution in [0, 0.1) is 18.3 Å². The Morgan fingerprint density at radius 1 is 1.12 bits per heavy atom. The molecule has 0 radical (unpaired) electrons. The molecule has 1 saturated heterocycles. The third kappa shape index (κ3) is 5.94. The van der Waals surface area contributed by atoms with E-state index in [1.165, 1.54) is 0 Å². The lowest BCUT2D eigenvalue weighted by atomic mass is 9.89. The number of amides is 1. The summed E-state index contributed by atoms with van der Waals surface area (Å²) in [6.45, 7) is 6.65. The average Bonchev–Trinajstić information content (AvgIpc) is 3.61. The van der Waals surface area contributed by atoms with Crippen molar-refractivity contribution >= 4 is 40.9 Å². The average molecular weight is 517 g/mol. The summed E-state index contributed by atoms with van der Waals surface area (Å²) in [6, 6.07) is 15.2. The van der Waals surface area contributed by atoms with E-state index in [0.717, 1.165) is 29.7 Å². The van der Waals surface area contributed by atoms with Crippen molar-refractivity contribution in [1.82, 2.24) is 4.90 Å². The molecule has 0 N–H and O–H groups in total. The van der Waals surface area contributed by atoms with E-state index in [1.54, 1.807) is 0 Å². The van der Waals surface area contributed by atoms with Gasteiger partial charge in [-0.15, -0.1) is 12.3 Å². The SMILES string of the molecule is C#CCC1OC(c2cccc(Cl)c2)C(c2ccc(Cl)cc2)N(C(CSC(C)(C)C)C2CC2)C1=O. The molecule has 1 aliphatic heterocycles. The number of benzene rings is 2. The Morgan fingerprint density at radius 2 is 1.82 bits per heavy atom. The monoisotopic (exact) mass is 515 g/mol. The maximum absolute atomic E-state index is 14.0. The van der Waals surface area contributed by atoms with Crippen LogP contribution in [0.25, 0.3) is 0 Å². The number of terminal acetylenes is 1. The topological polar surface area (TPSA) is 29.5 Å². The van der Waals surface area contributed by atoms with Crippen LogP contribution < -0.4 is 0 Å². The van der Waals surface area contributed by atoms with Crippen LogP contribution in [0.3, 0.4) is 0 Å². The standard InChI is InChI=1S/C28H31Cl2NO2S/c1-5-7-24-27(32)31(23(18-10-11-18)17-34-28(2,3)4)25(19-12-14-21(29)15-13-19)26(33-24)20-8-6-9-22(30)16-20/h1,6,8-9,12-16,18,23-26H,7,10-11,17H2,2-4H3. The largest absolute Gasteiger partial charge is 0.357 e. The number of thioether (sulfide) groups is 1. The van der Waals surface area contributed by atoms with Crippen LogP contribution in [-0.4, -0.2) is 33.5 Å². The highest BCUT2D eigenvalue weighted by Crippen LogP contribution is 2.49. The van der Waals surface area contributed by atoms with E-state index in [4.69, 9.17) is 34.4 Å². The minimum Gasteiger partial charge on any atom is -0.357 e. The van der Waals surface area contributed by atoms with Gasteiger partial charge >= 0.3 is 0 Å². The summed E-state index contributed by atoms with van der Waals surface area (Å²) in [6.07, 6.45) is 7.09. The van der Waals surface area contributed by atoms with E-state index in [9.17, 15) is 4.79 Å². The second kappa shape index (κ2) is 10.5. The Labute approximate surface area is 217 Å². The first-order valence-corrected chi connectivity index (χ1v) is 13.5. The first kappa shape index (κ1) is 25.5. The lowest BCUT2D eigenvalue weighted by Gasteiger charge is -2.48. The van der Waals surface area contributed by atoms with Gasteiger partial charge in [-0.25, -0.2) is 0 Å². The molecule has 1 saturated carbocycles. The third-order valence-corrected chi connectivity index (χ3v) is 8.19. The number of hydrogen-bond donors (Lipinski definition) is 0. The van der Waals surface area contributed by atoms with Crippen LogP contribution in [0.15, 0.2) is 48.5 Å². The first-order valence-electron chi connectivity index (χ1n) is 11.7. The highest BCUT2D eigenvalue weighted by atomic mass is 35.5. The van der Waals surface area contributed by atoms with Gasteiger partial charge in [-0.2, -0.15) is 11.8 Å². The van der Waals surface area contributed by atoms with Crippen LogP contribution in [0.1, 0.15) is 63.3 Å². The number of hydrogen-bond acceptors (Lipinski definition) is 3. The summed E-state index contributed by atoms with van der Waals surface area (Å²) in [7, 11) is 0. The van der Waals surface area contributed by atoms with Crippen molar-refractivity contribution in [2.45, 2.75) is 69.1 Å². The zero-order valence-electron chi connectivity index (χ0n) is 19.8. The van der Waals surface area contributed by atoms with Crippen molar-refractivity contribution in [2.24, 2.45) is 5.92 Å². The Hall–Kier alpha value is -1.64. The maximum Gasteiger partial charge on any atom is 0.253 e. The predicted octanol–water partition coefficient (Wildman–Crippen LogP) is 7.34. The normalized spacial score (nSPS) is 24.1. The summed E-state index contributed by atoms with van der Waals surface area (Å²) >= 11 is 14.5. The van der Waals surface area contributed by atoms with E-state index in [0.29, 0.717) is 16.0 Å². The lowest BCUT2D eigenvalue weighted by molar-refractivity contribution is -0.178. The van der Waals surface area contributed by atoms with Gasteiger partial charge < -0.3 is 9.64 Å².